The van der Waals surface area contributed by atoms with E-state index in [1.165, 1.54) is 0 Å². The fraction of sp³-hybridized carbons (Fsp3) is 0.375. The molecule has 0 radical (unpaired) electrons. The van der Waals surface area contributed by atoms with E-state index in [0.29, 0.717) is 5.82 Å². The number of rotatable bonds is 6. The molecule has 2 N–H and O–H groups in total. The molecule has 1 atom stereocenters. The standard InChI is InChI=1S/C16H21N5O3/c1-4-24-16(23)19-14(11(2)3)15(22)18-13-7-10-21(20-13)12-5-8-17-9-6-12/h5-11,14H,4H2,1-3H3,(H,19,23)(H,18,20,22)/t14-/m0/s1. The monoisotopic (exact) mass is 331 g/mol. The van der Waals surface area contributed by atoms with Crippen LogP contribution in [0.2, 0.25) is 0 Å². The number of carbonyl (C=O) groups excluding carboxylic acids is 2. The van der Waals surface area contributed by atoms with Gasteiger partial charge in [-0.15, -0.1) is 0 Å². The van der Waals surface area contributed by atoms with Crippen molar-refractivity contribution in [3.63, 3.8) is 0 Å². The Bertz CT molecular complexity index is 684. The van der Waals surface area contributed by atoms with Gasteiger partial charge in [-0.25, -0.2) is 9.48 Å². The number of pyridine rings is 1. The van der Waals surface area contributed by atoms with Gasteiger partial charge in [0.2, 0.25) is 5.91 Å². The third-order valence-corrected chi connectivity index (χ3v) is 3.27. The Morgan fingerprint density at radius 3 is 2.58 bits per heavy atom. The van der Waals surface area contributed by atoms with Crippen molar-refractivity contribution in [1.29, 1.82) is 0 Å². The number of aromatic nitrogens is 3. The summed E-state index contributed by atoms with van der Waals surface area (Å²) in [7, 11) is 0. The van der Waals surface area contributed by atoms with Gasteiger partial charge in [0.25, 0.3) is 0 Å². The molecular weight excluding hydrogens is 310 g/mol. The van der Waals surface area contributed by atoms with Crippen molar-refractivity contribution in [2.75, 3.05) is 11.9 Å². The quantitative estimate of drug-likeness (QED) is 0.843. The maximum atomic E-state index is 12.4. The Kier molecular flexibility index (Phi) is 5.89. The minimum atomic E-state index is -0.713. The summed E-state index contributed by atoms with van der Waals surface area (Å²) in [5, 5.41) is 9.55. The number of carbonyl (C=O) groups is 2. The van der Waals surface area contributed by atoms with Crippen molar-refractivity contribution < 1.29 is 14.3 Å². The lowest BCUT2D eigenvalue weighted by Crippen LogP contribution is -2.47. The molecule has 0 aliphatic carbocycles. The summed E-state index contributed by atoms with van der Waals surface area (Å²) in [4.78, 5) is 27.9. The van der Waals surface area contributed by atoms with Gasteiger partial charge in [-0.05, 0) is 25.0 Å². The van der Waals surface area contributed by atoms with Crippen molar-refractivity contribution in [2.24, 2.45) is 5.92 Å². The third-order valence-electron chi connectivity index (χ3n) is 3.27. The number of nitrogens with one attached hydrogen (secondary N) is 2. The molecule has 2 aromatic heterocycles. The third kappa shape index (κ3) is 4.55. The Hall–Kier alpha value is -2.90. The number of hydrogen-bond donors (Lipinski definition) is 2. The van der Waals surface area contributed by atoms with Crippen LogP contribution >= 0.6 is 0 Å². The topological polar surface area (TPSA) is 98.1 Å². The summed E-state index contributed by atoms with van der Waals surface area (Å²) in [5.41, 5.74) is 0.829. The second-order valence-electron chi connectivity index (χ2n) is 5.43. The highest BCUT2D eigenvalue weighted by atomic mass is 16.5. The fourth-order valence-corrected chi connectivity index (χ4v) is 2.07. The number of amides is 2. The highest BCUT2D eigenvalue weighted by molar-refractivity contribution is 5.96. The van der Waals surface area contributed by atoms with E-state index < -0.39 is 12.1 Å². The normalized spacial score (nSPS) is 11.8. The van der Waals surface area contributed by atoms with E-state index in [1.807, 2.05) is 13.8 Å². The zero-order valence-electron chi connectivity index (χ0n) is 13.9. The van der Waals surface area contributed by atoms with Gasteiger partial charge in [0.15, 0.2) is 5.82 Å². The van der Waals surface area contributed by atoms with E-state index >= 15 is 0 Å². The second kappa shape index (κ2) is 8.09. The number of nitrogens with zero attached hydrogens (tertiary/aromatic N) is 3. The molecule has 2 amide bonds. The summed E-state index contributed by atoms with van der Waals surface area (Å²) < 4.78 is 6.45. The molecular formula is C16H21N5O3. The average Bonchev–Trinajstić information content (AvgIpc) is 3.02. The lowest BCUT2D eigenvalue weighted by molar-refractivity contribution is -0.119. The average molecular weight is 331 g/mol. The summed E-state index contributed by atoms with van der Waals surface area (Å²) in [6, 6.07) is 4.57. The van der Waals surface area contributed by atoms with E-state index in [4.69, 9.17) is 4.74 Å². The Morgan fingerprint density at radius 2 is 1.96 bits per heavy atom. The molecule has 8 nitrogen and oxygen atoms in total. The minimum Gasteiger partial charge on any atom is -0.450 e. The van der Waals surface area contributed by atoms with E-state index in [0.717, 1.165) is 5.69 Å². The summed E-state index contributed by atoms with van der Waals surface area (Å²) >= 11 is 0. The molecule has 0 aliphatic heterocycles. The molecule has 0 spiro atoms. The fourth-order valence-electron chi connectivity index (χ4n) is 2.07. The van der Waals surface area contributed by atoms with Gasteiger partial charge in [0.1, 0.15) is 6.04 Å². The molecule has 0 aromatic carbocycles. The van der Waals surface area contributed by atoms with Crippen LogP contribution < -0.4 is 10.6 Å². The molecule has 0 unspecified atom stereocenters. The number of anilines is 1. The first kappa shape index (κ1) is 17.5. The van der Waals surface area contributed by atoms with Crippen molar-refractivity contribution in [3.8, 4) is 5.69 Å². The smallest absolute Gasteiger partial charge is 0.407 e. The largest absolute Gasteiger partial charge is 0.450 e. The van der Waals surface area contributed by atoms with Gasteiger partial charge >= 0.3 is 6.09 Å². The van der Waals surface area contributed by atoms with Crippen LogP contribution in [-0.2, 0) is 9.53 Å². The van der Waals surface area contributed by atoms with Crippen LogP contribution in [0.1, 0.15) is 20.8 Å². The lowest BCUT2D eigenvalue weighted by Gasteiger charge is -2.20. The van der Waals surface area contributed by atoms with Crippen molar-refractivity contribution in [3.05, 3.63) is 36.8 Å². The minimum absolute atomic E-state index is 0.100. The highest BCUT2D eigenvalue weighted by Crippen LogP contribution is 2.11. The van der Waals surface area contributed by atoms with E-state index in [1.54, 1.807) is 48.4 Å². The van der Waals surface area contributed by atoms with E-state index in [2.05, 4.69) is 20.7 Å². The van der Waals surface area contributed by atoms with Gasteiger partial charge < -0.3 is 15.4 Å². The molecule has 0 bridgehead atoms. The summed E-state index contributed by atoms with van der Waals surface area (Å²) in [5.74, 6) is -0.0529. The van der Waals surface area contributed by atoms with Crippen LogP contribution in [0.5, 0.6) is 0 Å². The number of alkyl carbamates (subject to hydrolysis) is 1. The molecule has 0 saturated carbocycles. The molecule has 2 rings (SSSR count). The number of hydrogen-bond acceptors (Lipinski definition) is 5. The van der Waals surface area contributed by atoms with Crippen molar-refractivity contribution in [1.82, 2.24) is 20.1 Å². The van der Waals surface area contributed by atoms with E-state index in [-0.39, 0.29) is 18.4 Å². The van der Waals surface area contributed by atoms with Crippen LogP contribution in [0, 0.1) is 5.92 Å². The summed E-state index contributed by atoms with van der Waals surface area (Å²) in [6.07, 6.45) is 4.43. The van der Waals surface area contributed by atoms with Gasteiger partial charge in [-0.3, -0.25) is 9.78 Å². The predicted molar refractivity (Wildman–Crippen MR) is 88.8 cm³/mol. The van der Waals surface area contributed by atoms with Crippen LogP contribution in [0.15, 0.2) is 36.8 Å². The first-order valence-electron chi connectivity index (χ1n) is 7.71. The zero-order valence-corrected chi connectivity index (χ0v) is 13.9. The summed E-state index contributed by atoms with van der Waals surface area (Å²) in [6.45, 7) is 5.63. The SMILES string of the molecule is CCOC(=O)N[C@H](C(=O)Nc1ccn(-c2ccncc2)n1)C(C)C. The van der Waals surface area contributed by atoms with Gasteiger partial charge in [-0.1, -0.05) is 13.8 Å². The van der Waals surface area contributed by atoms with Crippen LogP contribution in [0.25, 0.3) is 5.69 Å². The maximum Gasteiger partial charge on any atom is 0.407 e. The molecule has 24 heavy (non-hydrogen) atoms. The molecule has 0 saturated heterocycles. The van der Waals surface area contributed by atoms with Crippen molar-refractivity contribution >= 4 is 17.8 Å². The molecule has 128 valence electrons. The molecule has 2 aromatic rings. The molecule has 0 fully saturated rings. The first-order valence-corrected chi connectivity index (χ1v) is 7.71. The molecule has 2 heterocycles. The van der Waals surface area contributed by atoms with Gasteiger partial charge in [0, 0.05) is 24.7 Å². The molecule has 8 heteroatoms. The predicted octanol–water partition coefficient (Wildman–Crippen LogP) is 1.98. The Labute approximate surface area is 140 Å². The van der Waals surface area contributed by atoms with Crippen LogP contribution in [0.4, 0.5) is 10.6 Å². The zero-order chi connectivity index (χ0) is 17.5. The van der Waals surface area contributed by atoms with Gasteiger partial charge in [-0.2, -0.15) is 5.10 Å². The van der Waals surface area contributed by atoms with Crippen molar-refractivity contribution in [2.45, 2.75) is 26.8 Å². The lowest BCUT2D eigenvalue weighted by atomic mass is 10.0. The second-order valence-corrected chi connectivity index (χ2v) is 5.43. The van der Waals surface area contributed by atoms with Gasteiger partial charge in [0.05, 0.1) is 12.3 Å². The highest BCUT2D eigenvalue weighted by Gasteiger charge is 2.25. The maximum absolute atomic E-state index is 12.4. The van der Waals surface area contributed by atoms with E-state index in [9.17, 15) is 9.59 Å². The number of ether oxygens (including phenoxy) is 1. The van der Waals surface area contributed by atoms with Crippen LogP contribution in [-0.4, -0.2) is 39.4 Å². The molecule has 0 aliphatic rings. The Morgan fingerprint density at radius 1 is 1.25 bits per heavy atom. The Balaban J connectivity index is 2.04. The first-order chi connectivity index (χ1) is 11.5. The van der Waals surface area contributed by atoms with Crippen LogP contribution in [0.3, 0.4) is 0 Å².